The molecule has 0 radical (unpaired) electrons. The Balaban J connectivity index is 2.56. The average molecular weight is 285 g/mol. The third-order valence-electron chi connectivity index (χ3n) is 2.87. The fourth-order valence-electron chi connectivity index (χ4n) is 1.57. The minimum atomic E-state index is -3.08. The van der Waals surface area contributed by atoms with Crippen molar-refractivity contribution in [3.05, 3.63) is 29.8 Å². The van der Waals surface area contributed by atoms with Crippen molar-refractivity contribution in [3.63, 3.8) is 0 Å². The fraction of sp³-hybridized carbons (Fsp3) is 0.571. The topological polar surface area (TPSA) is 55.4 Å². The molecule has 0 saturated heterocycles. The normalized spacial score (nSPS) is 12.4. The van der Waals surface area contributed by atoms with Crippen molar-refractivity contribution in [2.45, 2.75) is 32.1 Å². The van der Waals surface area contributed by atoms with Crippen molar-refractivity contribution in [1.29, 1.82) is 0 Å². The minimum absolute atomic E-state index is 0.130. The van der Waals surface area contributed by atoms with Gasteiger partial charge in [0.2, 0.25) is 0 Å². The van der Waals surface area contributed by atoms with Crippen LogP contribution in [-0.4, -0.2) is 32.6 Å². The summed E-state index contributed by atoms with van der Waals surface area (Å²) in [5, 5.41) is 3.14. The van der Waals surface area contributed by atoms with E-state index in [1.54, 1.807) is 27.9 Å². The zero-order valence-electron chi connectivity index (χ0n) is 12.1. The van der Waals surface area contributed by atoms with Gasteiger partial charge in [-0.05, 0) is 38.5 Å². The number of rotatable bonds is 6. The van der Waals surface area contributed by atoms with Crippen LogP contribution in [0.25, 0.3) is 0 Å². The molecule has 0 fully saturated rings. The quantitative estimate of drug-likeness (QED) is 0.872. The monoisotopic (exact) mass is 285 g/mol. The summed E-state index contributed by atoms with van der Waals surface area (Å²) in [5.74, 6) is 0.130. The van der Waals surface area contributed by atoms with Gasteiger partial charge in [-0.25, -0.2) is 8.42 Å². The highest BCUT2D eigenvalue weighted by Crippen LogP contribution is 2.16. The number of benzene rings is 1. The van der Waals surface area contributed by atoms with Gasteiger partial charge in [0.1, 0.15) is 0 Å². The van der Waals surface area contributed by atoms with Crippen molar-refractivity contribution in [1.82, 2.24) is 0 Å². The van der Waals surface area contributed by atoms with Crippen LogP contribution in [0.5, 0.6) is 0 Å². The van der Waals surface area contributed by atoms with Crippen LogP contribution < -0.4 is 5.32 Å². The Morgan fingerprint density at radius 3 is 2.53 bits per heavy atom. The van der Waals surface area contributed by atoms with Crippen molar-refractivity contribution >= 4 is 15.5 Å². The van der Waals surface area contributed by atoms with Crippen LogP contribution in [0.4, 0.5) is 5.69 Å². The Kier molecular flexibility index (Phi) is 5.38. The van der Waals surface area contributed by atoms with E-state index < -0.39 is 14.6 Å². The molecule has 0 spiro atoms. The van der Waals surface area contributed by atoms with E-state index in [0.717, 1.165) is 11.3 Å². The molecule has 1 N–H and O–H groups in total. The molecule has 0 heterocycles. The average Bonchev–Trinajstić information content (AvgIpc) is 2.28. The molecule has 0 bridgehead atoms. The van der Waals surface area contributed by atoms with Crippen molar-refractivity contribution in [3.8, 4) is 0 Å². The van der Waals surface area contributed by atoms with E-state index >= 15 is 0 Å². The van der Waals surface area contributed by atoms with Crippen LogP contribution in [0, 0.1) is 0 Å². The van der Waals surface area contributed by atoms with Crippen LogP contribution in [0.15, 0.2) is 24.3 Å². The summed E-state index contributed by atoms with van der Waals surface area (Å²) >= 11 is 0. The van der Waals surface area contributed by atoms with Gasteiger partial charge >= 0.3 is 0 Å². The Labute approximate surface area is 116 Å². The Morgan fingerprint density at radius 2 is 1.95 bits per heavy atom. The van der Waals surface area contributed by atoms with Crippen molar-refractivity contribution in [2.24, 2.45) is 0 Å². The Morgan fingerprint density at radius 1 is 1.26 bits per heavy atom. The SMILES string of the molecule is COCc1cccc(NCCS(=O)(=O)C(C)(C)C)c1. The lowest BCUT2D eigenvalue weighted by molar-refractivity contribution is 0.185. The Bertz CT molecular complexity index is 504. The largest absolute Gasteiger partial charge is 0.384 e. The third kappa shape index (κ3) is 4.84. The van der Waals surface area contributed by atoms with Crippen molar-refractivity contribution in [2.75, 3.05) is 24.7 Å². The Hall–Kier alpha value is -1.07. The molecule has 4 nitrogen and oxygen atoms in total. The van der Waals surface area contributed by atoms with Crippen LogP contribution in [0.3, 0.4) is 0 Å². The zero-order chi connectivity index (χ0) is 14.5. The highest BCUT2D eigenvalue weighted by atomic mass is 32.2. The number of methoxy groups -OCH3 is 1. The lowest BCUT2D eigenvalue weighted by Gasteiger charge is -2.19. The van der Waals surface area contributed by atoms with Gasteiger partial charge in [-0.3, -0.25) is 0 Å². The maximum Gasteiger partial charge on any atom is 0.156 e. The van der Waals surface area contributed by atoms with Gasteiger partial charge in [-0.1, -0.05) is 12.1 Å². The molecule has 0 aromatic heterocycles. The van der Waals surface area contributed by atoms with E-state index in [4.69, 9.17) is 4.74 Å². The molecule has 0 aliphatic rings. The van der Waals surface area contributed by atoms with Gasteiger partial charge in [0.25, 0.3) is 0 Å². The molecule has 0 atom stereocenters. The number of anilines is 1. The summed E-state index contributed by atoms with van der Waals surface area (Å²) in [5.41, 5.74) is 1.98. The fourth-order valence-corrected chi connectivity index (χ4v) is 2.56. The van der Waals surface area contributed by atoms with Gasteiger partial charge in [0, 0.05) is 19.3 Å². The molecule has 0 saturated carbocycles. The van der Waals surface area contributed by atoms with Crippen molar-refractivity contribution < 1.29 is 13.2 Å². The molecule has 0 amide bonds. The van der Waals surface area contributed by atoms with Gasteiger partial charge in [0.15, 0.2) is 9.84 Å². The van der Waals surface area contributed by atoms with E-state index in [0.29, 0.717) is 13.2 Å². The van der Waals surface area contributed by atoms with E-state index in [2.05, 4.69) is 5.32 Å². The number of ether oxygens (including phenoxy) is 1. The molecule has 0 aliphatic heterocycles. The molecule has 1 aromatic rings. The van der Waals surface area contributed by atoms with E-state index in [9.17, 15) is 8.42 Å². The van der Waals surface area contributed by atoms with Gasteiger partial charge in [-0.2, -0.15) is 0 Å². The van der Waals surface area contributed by atoms with Gasteiger partial charge in [0.05, 0.1) is 17.1 Å². The second kappa shape index (κ2) is 6.39. The maximum atomic E-state index is 12.0. The molecule has 1 rings (SSSR count). The lowest BCUT2D eigenvalue weighted by Crippen LogP contribution is -2.32. The smallest absolute Gasteiger partial charge is 0.156 e. The summed E-state index contributed by atoms with van der Waals surface area (Å²) in [6.07, 6.45) is 0. The summed E-state index contributed by atoms with van der Waals surface area (Å²) in [7, 11) is -1.43. The molecule has 0 unspecified atom stereocenters. The summed E-state index contributed by atoms with van der Waals surface area (Å²) < 4.78 is 28.3. The number of nitrogens with one attached hydrogen (secondary N) is 1. The second-order valence-electron chi connectivity index (χ2n) is 5.49. The first-order valence-electron chi connectivity index (χ1n) is 6.30. The molecule has 1 aromatic carbocycles. The number of hydrogen-bond donors (Lipinski definition) is 1. The first-order chi connectivity index (χ1) is 8.76. The molecular weight excluding hydrogens is 262 g/mol. The second-order valence-corrected chi connectivity index (χ2v) is 8.35. The molecule has 19 heavy (non-hydrogen) atoms. The maximum absolute atomic E-state index is 12.0. The highest BCUT2D eigenvalue weighted by molar-refractivity contribution is 7.92. The van der Waals surface area contributed by atoms with Crippen LogP contribution in [0.2, 0.25) is 0 Å². The first kappa shape index (κ1) is 16.0. The summed E-state index contributed by atoms with van der Waals surface area (Å²) in [6.45, 7) is 6.14. The third-order valence-corrected chi connectivity index (χ3v) is 5.48. The minimum Gasteiger partial charge on any atom is -0.384 e. The zero-order valence-corrected chi connectivity index (χ0v) is 12.9. The predicted molar refractivity (Wildman–Crippen MR) is 79.2 cm³/mol. The number of hydrogen-bond acceptors (Lipinski definition) is 4. The molecule has 5 heteroatoms. The predicted octanol–water partition coefficient (Wildman–Crippen LogP) is 2.46. The van der Waals surface area contributed by atoms with E-state index in [1.807, 2.05) is 24.3 Å². The lowest BCUT2D eigenvalue weighted by atomic mass is 10.2. The van der Waals surface area contributed by atoms with Gasteiger partial charge < -0.3 is 10.1 Å². The molecule has 108 valence electrons. The van der Waals surface area contributed by atoms with E-state index in [-0.39, 0.29) is 5.75 Å². The molecular formula is C14H23NO3S. The van der Waals surface area contributed by atoms with Crippen LogP contribution in [-0.2, 0) is 21.2 Å². The van der Waals surface area contributed by atoms with Crippen LogP contribution in [0.1, 0.15) is 26.3 Å². The number of sulfone groups is 1. The van der Waals surface area contributed by atoms with Crippen LogP contribution >= 0.6 is 0 Å². The van der Waals surface area contributed by atoms with E-state index in [1.165, 1.54) is 0 Å². The summed E-state index contributed by atoms with van der Waals surface area (Å²) in [4.78, 5) is 0. The van der Waals surface area contributed by atoms with Gasteiger partial charge in [-0.15, -0.1) is 0 Å². The summed E-state index contributed by atoms with van der Waals surface area (Å²) in [6, 6.07) is 7.78. The standard InChI is InChI=1S/C14H23NO3S/c1-14(2,3)19(16,17)9-8-15-13-7-5-6-12(10-13)11-18-4/h5-7,10,15H,8-9,11H2,1-4H3. The first-order valence-corrected chi connectivity index (χ1v) is 7.95. The molecule has 0 aliphatic carbocycles. The highest BCUT2D eigenvalue weighted by Gasteiger charge is 2.28.